The molecule has 21 heavy (non-hydrogen) atoms. The zero-order chi connectivity index (χ0) is 14.3. The molecular formula is C14H22ClN5O. The normalized spacial score (nSPS) is 17.4. The maximum atomic E-state index is 6.03. The Hall–Kier alpha value is -1.53. The summed E-state index contributed by atoms with van der Waals surface area (Å²) in [5.74, 6) is 2.73. The third kappa shape index (κ3) is 2.78. The van der Waals surface area contributed by atoms with E-state index < -0.39 is 0 Å². The lowest BCUT2D eigenvalue weighted by Gasteiger charge is -2.17. The summed E-state index contributed by atoms with van der Waals surface area (Å²) in [7, 11) is 1.94. The van der Waals surface area contributed by atoms with Crippen LogP contribution in [0, 0.1) is 5.92 Å². The summed E-state index contributed by atoms with van der Waals surface area (Å²) in [6.45, 7) is 3.51. The first kappa shape index (κ1) is 15.9. The minimum atomic E-state index is 0. The molecule has 7 heteroatoms. The van der Waals surface area contributed by atoms with Gasteiger partial charge in [0.05, 0.1) is 0 Å². The van der Waals surface area contributed by atoms with Crippen LogP contribution >= 0.6 is 12.4 Å². The van der Waals surface area contributed by atoms with Crippen LogP contribution in [-0.2, 0) is 12.8 Å². The first-order valence-electron chi connectivity index (χ1n) is 7.09. The molecule has 0 aromatic carbocycles. The van der Waals surface area contributed by atoms with E-state index in [1.807, 2.05) is 11.9 Å². The first-order chi connectivity index (χ1) is 9.60. The largest absolute Gasteiger partial charge is 0.455 e. The molecule has 0 aliphatic heterocycles. The van der Waals surface area contributed by atoms with E-state index in [-0.39, 0.29) is 18.4 Å². The molecule has 2 heterocycles. The Balaban J connectivity index is 0.00000161. The van der Waals surface area contributed by atoms with E-state index in [1.54, 1.807) is 0 Å². The predicted octanol–water partition coefficient (Wildman–Crippen LogP) is 1.75. The number of nitrogens with two attached hydrogens (primary N) is 2. The molecule has 116 valence electrons. The van der Waals surface area contributed by atoms with Gasteiger partial charge in [-0.15, -0.1) is 12.4 Å². The Labute approximate surface area is 130 Å². The van der Waals surface area contributed by atoms with Crippen molar-refractivity contribution in [2.75, 3.05) is 30.8 Å². The molecule has 2 aromatic rings. The van der Waals surface area contributed by atoms with Gasteiger partial charge < -0.3 is 20.8 Å². The molecule has 0 fully saturated rings. The van der Waals surface area contributed by atoms with E-state index in [2.05, 4.69) is 16.9 Å². The minimum absolute atomic E-state index is 0. The van der Waals surface area contributed by atoms with Gasteiger partial charge in [-0.05, 0) is 18.8 Å². The van der Waals surface area contributed by atoms with Crippen LogP contribution in [-0.4, -0.2) is 30.1 Å². The standard InChI is InChI=1S/C14H21N5O.ClH/c1-8-3-4-10-9(7-8)11-12(20-10)13(18-14(16)17-11)19(2)6-5-15;/h8H,3-7,15H2,1-2H3,(H2,16,17,18);1H. The van der Waals surface area contributed by atoms with Crippen molar-refractivity contribution in [1.29, 1.82) is 0 Å². The molecule has 2 aromatic heterocycles. The Kier molecular flexibility index (Phi) is 4.58. The predicted molar refractivity (Wildman–Crippen MR) is 87.0 cm³/mol. The van der Waals surface area contributed by atoms with Gasteiger partial charge in [0.15, 0.2) is 11.4 Å². The highest BCUT2D eigenvalue weighted by Gasteiger charge is 2.26. The molecule has 0 spiro atoms. The van der Waals surface area contributed by atoms with Crippen molar-refractivity contribution in [2.45, 2.75) is 26.2 Å². The first-order valence-corrected chi connectivity index (χ1v) is 7.09. The van der Waals surface area contributed by atoms with Crippen LogP contribution in [0.4, 0.5) is 11.8 Å². The highest BCUT2D eigenvalue weighted by molar-refractivity contribution is 5.88. The van der Waals surface area contributed by atoms with Crippen molar-refractivity contribution in [1.82, 2.24) is 9.97 Å². The Morgan fingerprint density at radius 1 is 1.38 bits per heavy atom. The molecule has 6 nitrogen and oxygen atoms in total. The number of fused-ring (bicyclic) bond motifs is 3. The van der Waals surface area contributed by atoms with Crippen LogP contribution in [0.3, 0.4) is 0 Å². The number of hydrogen-bond acceptors (Lipinski definition) is 6. The summed E-state index contributed by atoms with van der Waals surface area (Å²) in [5.41, 5.74) is 14.3. The Bertz CT molecular complexity index is 642. The van der Waals surface area contributed by atoms with Gasteiger partial charge in [-0.3, -0.25) is 0 Å². The van der Waals surface area contributed by atoms with E-state index in [0.717, 1.165) is 41.9 Å². The molecule has 0 radical (unpaired) electrons. The van der Waals surface area contributed by atoms with Crippen molar-refractivity contribution in [2.24, 2.45) is 11.7 Å². The Morgan fingerprint density at radius 3 is 2.86 bits per heavy atom. The third-order valence-corrected chi connectivity index (χ3v) is 3.96. The second kappa shape index (κ2) is 6.07. The number of halogens is 1. The van der Waals surface area contributed by atoms with Crippen LogP contribution in [0.1, 0.15) is 24.7 Å². The number of nitrogens with zero attached hydrogens (tertiary/aromatic N) is 3. The van der Waals surface area contributed by atoms with E-state index >= 15 is 0 Å². The highest BCUT2D eigenvalue weighted by Crippen LogP contribution is 2.36. The van der Waals surface area contributed by atoms with Crippen molar-refractivity contribution in [3.05, 3.63) is 11.3 Å². The number of furan rings is 1. The topological polar surface area (TPSA) is 94.2 Å². The number of aromatic nitrogens is 2. The zero-order valence-electron chi connectivity index (χ0n) is 12.4. The number of rotatable bonds is 3. The lowest BCUT2D eigenvalue weighted by molar-refractivity contribution is 0.438. The van der Waals surface area contributed by atoms with Gasteiger partial charge in [-0.2, -0.15) is 4.98 Å². The summed E-state index contributed by atoms with van der Waals surface area (Å²) in [5, 5.41) is 0. The van der Waals surface area contributed by atoms with Crippen LogP contribution in [0.2, 0.25) is 0 Å². The molecule has 0 amide bonds. The van der Waals surface area contributed by atoms with Crippen molar-refractivity contribution < 1.29 is 4.42 Å². The van der Waals surface area contributed by atoms with Crippen molar-refractivity contribution in [3.63, 3.8) is 0 Å². The number of hydrogen-bond donors (Lipinski definition) is 2. The molecule has 1 aliphatic carbocycles. The lowest BCUT2D eigenvalue weighted by atomic mass is 9.89. The minimum Gasteiger partial charge on any atom is -0.455 e. The number of aryl methyl sites for hydroxylation is 1. The molecule has 3 rings (SSSR count). The summed E-state index contributed by atoms with van der Waals surface area (Å²) in [6.07, 6.45) is 3.12. The summed E-state index contributed by atoms with van der Waals surface area (Å²) >= 11 is 0. The van der Waals surface area contributed by atoms with Crippen LogP contribution in [0.15, 0.2) is 4.42 Å². The van der Waals surface area contributed by atoms with Gasteiger partial charge in [-0.25, -0.2) is 4.98 Å². The van der Waals surface area contributed by atoms with Crippen LogP contribution in [0.5, 0.6) is 0 Å². The molecule has 0 saturated heterocycles. The van der Waals surface area contributed by atoms with E-state index in [1.165, 1.54) is 5.56 Å². The summed E-state index contributed by atoms with van der Waals surface area (Å²) < 4.78 is 6.03. The number of anilines is 2. The van der Waals surface area contributed by atoms with Gasteiger partial charge in [0.2, 0.25) is 5.95 Å². The maximum absolute atomic E-state index is 6.03. The molecular weight excluding hydrogens is 290 g/mol. The monoisotopic (exact) mass is 311 g/mol. The molecule has 1 aliphatic rings. The second-order valence-electron chi connectivity index (χ2n) is 5.65. The van der Waals surface area contributed by atoms with Gasteiger partial charge in [0.25, 0.3) is 0 Å². The van der Waals surface area contributed by atoms with E-state index in [0.29, 0.717) is 19.0 Å². The van der Waals surface area contributed by atoms with Gasteiger partial charge in [0, 0.05) is 32.1 Å². The van der Waals surface area contributed by atoms with E-state index in [9.17, 15) is 0 Å². The molecule has 0 bridgehead atoms. The molecule has 0 saturated carbocycles. The molecule has 4 N–H and O–H groups in total. The fourth-order valence-electron chi connectivity index (χ4n) is 2.87. The van der Waals surface area contributed by atoms with Crippen LogP contribution in [0.25, 0.3) is 11.1 Å². The second-order valence-corrected chi connectivity index (χ2v) is 5.65. The van der Waals surface area contributed by atoms with Crippen LogP contribution < -0.4 is 16.4 Å². The maximum Gasteiger partial charge on any atom is 0.222 e. The Morgan fingerprint density at radius 2 is 2.14 bits per heavy atom. The summed E-state index contributed by atoms with van der Waals surface area (Å²) in [4.78, 5) is 10.7. The average Bonchev–Trinajstić information content (AvgIpc) is 2.76. The highest BCUT2D eigenvalue weighted by atomic mass is 35.5. The van der Waals surface area contributed by atoms with Gasteiger partial charge in [0.1, 0.15) is 11.3 Å². The third-order valence-electron chi connectivity index (χ3n) is 3.96. The molecule has 1 atom stereocenters. The smallest absolute Gasteiger partial charge is 0.222 e. The fourth-order valence-corrected chi connectivity index (χ4v) is 2.87. The number of likely N-dealkylation sites (N-methyl/N-ethyl adjacent to an activating group) is 1. The van der Waals surface area contributed by atoms with Crippen molar-refractivity contribution in [3.8, 4) is 0 Å². The van der Waals surface area contributed by atoms with Gasteiger partial charge >= 0.3 is 0 Å². The fraction of sp³-hybridized carbons (Fsp3) is 0.571. The molecule has 1 unspecified atom stereocenters. The lowest BCUT2D eigenvalue weighted by Crippen LogP contribution is -2.26. The van der Waals surface area contributed by atoms with Crippen molar-refractivity contribution >= 4 is 35.3 Å². The SMILES string of the molecule is CC1CCc2oc3c(N(C)CCN)nc(N)nc3c2C1.Cl. The van der Waals surface area contributed by atoms with Gasteiger partial charge in [-0.1, -0.05) is 6.92 Å². The summed E-state index contributed by atoms with van der Waals surface area (Å²) in [6, 6.07) is 0. The quantitative estimate of drug-likeness (QED) is 0.896. The van der Waals surface area contributed by atoms with E-state index in [4.69, 9.17) is 15.9 Å². The average molecular weight is 312 g/mol. The number of nitrogen functional groups attached to an aromatic ring is 1. The zero-order valence-corrected chi connectivity index (χ0v) is 13.2.